The number of carbonyl (C=O) groups is 3. The van der Waals surface area contributed by atoms with Gasteiger partial charge in [0.2, 0.25) is 5.91 Å². The van der Waals surface area contributed by atoms with E-state index < -0.39 is 46.1 Å². The molecule has 1 atom stereocenters. The van der Waals surface area contributed by atoms with Gasteiger partial charge in [-0.25, -0.2) is 19.1 Å². The third-order valence-electron chi connectivity index (χ3n) is 7.09. The summed E-state index contributed by atoms with van der Waals surface area (Å²) in [7, 11) is -3.89. The lowest BCUT2D eigenvalue weighted by Crippen LogP contribution is -2.63. The molecule has 4 N–H and O–H groups in total. The monoisotopic (exact) mass is 687 g/mol. The second-order valence-corrected chi connectivity index (χ2v) is 12.6. The van der Waals surface area contributed by atoms with Crippen molar-refractivity contribution in [1.82, 2.24) is 10.3 Å². The number of amides is 2. The van der Waals surface area contributed by atoms with Crippen molar-refractivity contribution >= 4 is 49.8 Å². The summed E-state index contributed by atoms with van der Waals surface area (Å²) in [5.74, 6) is 1.74. The van der Waals surface area contributed by atoms with E-state index in [0.717, 1.165) is 0 Å². The summed E-state index contributed by atoms with van der Waals surface area (Å²) in [6.07, 6.45) is -2.56. The molecule has 1 aromatic heterocycles. The standard InChI is InChI=1S/C32H32F3N5O7S/c1-4-46-27-8-6-7-24(17-27)31(47-30(43)32(33,34)35,40(36)26-11-9-22-18-37-14-13-21(22)16-26)29(42)38-19-23-15-25(39-20(3)41)10-12-28(23)48(44,45)5-2/h6-18H,4-5,19,36H2,1-3H3,(H,38,42)(H,39,41). The van der Waals surface area contributed by atoms with E-state index in [0.29, 0.717) is 15.8 Å². The number of fused-ring (bicyclic) bond motifs is 1. The number of nitrogens with two attached hydrogens (primary N) is 1. The third-order valence-corrected chi connectivity index (χ3v) is 8.92. The molecular formula is C32H32F3N5O7S. The van der Waals surface area contributed by atoms with Crippen LogP contribution in [0.1, 0.15) is 31.9 Å². The van der Waals surface area contributed by atoms with Crippen molar-refractivity contribution in [1.29, 1.82) is 0 Å². The molecule has 0 saturated heterocycles. The minimum absolute atomic E-state index is 0.0164. The molecular weight excluding hydrogens is 655 g/mol. The molecule has 16 heteroatoms. The topological polar surface area (TPSA) is 170 Å². The molecule has 1 unspecified atom stereocenters. The Hall–Kier alpha value is -5.22. The summed E-state index contributed by atoms with van der Waals surface area (Å²) in [5, 5.41) is 6.69. The van der Waals surface area contributed by atoms with E-state index in [1.165, 1.54) is 80.8 Å². The molecule has 0 aliphatic rings. The highest BCUT2D eigenvalue weighted by Gasteiger charge is 2.55. The average Bonchev–Trinajstić information content (AvgIpc) is 3.05. The maximum Gasteiger partial charge on any atom is 0.491 e. The molecule has 0 saturated carbocycles. The number of carbonyl (C=O) groups excluding carboxylic acids is 3. The van der Waals surface area contributed by atoms with Crippen molar-refractivity contribution in [2.75, 3.05) is 22.7 Å². The number of ether oxygens (including phenoxy) is 2. The highest BCUT2D eigenvalue weighted by molar-refractivity contribution is 7.91. The molecule has 0 radical (unpaired) electrons. The first kappa shape index (κ1) is 35.6. The Morgan fingerprint density at radius 2 is 1.73 bits per heavy atom. The zero-order valence-corrected chi connectivity index (χ0v) is 26.8. The molecule has 4 aromatic rings. The number of sulfone groups is 1. The largest absolute Gasteiger partial charge is 0.494 e. The van der Waals surface area contributed by atoms with E-state index >= 15 is 0 Å². The summed E-state index contributed by atoms with van der Waals surface area (Å²) in [4.78, 5) is 42.5. The number of hydrazine groups is 1. The number of esters is 1. The number of rotatable bonds is 12. The van der Waals surface area contributed by atoms with Crippen molar-refractivity contribution in [3.8, 4) is 5.75 Å². The number of nitrogens with zero attached hydrogens (tertiary/aromatic N) is 2. The molecule has 0 fully saturated rings. The van der Waals surface area contributed by atoms with Crippen LogP contribution in [0.5, 0.6) is 5.75 Å². The molecule has 0 bridgehead atoms. The quantitative estimate of drug-likeness (QED) is 0.0843. The van der Waals surface area contributed by atoms with Gasteiger partial charge >= 0.3 is 17.9 Å². The van der Waals surface area contributed by atoms with Crippen molar-refractivity contribution in [2.45, 2.75) is 44.1 Å². The predicted molar refractivity (Wildman–Crippen MR) is 170 cm³/mol. The average molecular weight is 688 g/mol. The molecule has 12 nitrogen and oxygen atoms in total. The zero-order valence-electron chi connectivity index (χ0n) is 26.0. The van der Waals surface area contributed by atoms with Crippen LogP contribution in [0.25, 0.3) is 10.8 Å². The molecule has 1 heterocycles. The van der Waals surface area contributed by atoms with Crippen LogP contribution in [0.15, 0.2) is 84.0 Å². The second kappa shape index (κ2) is 14.3. The Balaban J connectivity index is 1.92. The van der Waals surface area contributed by atoms with Gasteiger partial charge in [-0.05, 0) is 66.4 Å². The Morgan fingerprint density at radius 1 is 0.979 bits per heavy atom. The minimum atomic E-state index is -5.56. The number of hydrogen-bond donors (Lipinski definition) is 3. The van der Waals surface area contributed by atoms with Crippen LogP contribution in [-0.2, 0) is 41.2 Å². The van der Waals surface area contributed by atoms with Crippen LogP contribution in [0.4, 0.5) is 24.5 Å². The lowest BCUT2D eigenvalue weighted by molar-refractivity contribution is -0.216. The third kappa shape index (κ3) is 7.66. The van der Waals surface area contributed by atoms with E-state index in [9.17, 15) is 36.0 Å². The Kier molecular flexibility index (Phi) is 10.6. The van der Waals surface area contributed by atoms with Gasteiger partial charge in [-0.2, -0.15) is 13.2 Å². The van der Waals surface area contributed by atoms with Gasteiger partial charge in [-0.1, -0.05) is 25.1 Å². The Labute approximate surface area is 273 Å². The summed E-state index contributed by atoms with van der Waals surface area (Å²) < 4.78 is 78.0. The van der Waals surface area contributed by atoms with Crippen LogP contribution < -0.4 is 26.2 Å². The summed E-state index contributed by atoms with van der Waals surface area (Å²) >= 11 is 0. The van der Waals surface area contributed by atoms with E-state index in [1.807, 2.05) is 0 Å². The van der Waals surface area contributed by atoms with Gasteiger partial charge in [0, 0.05) is 42.5 Å². The second-order valence-electron chi connectivity index (χ2n) is 10.4. The fourth-order valence-electron chi connectivity index (χ4n) is 4.84. The van der Waals surface area contributed by atoms with E-state index in [4.69, 9.17) is 15.3 Å². The molecule has 0 spiro atoms. The SMILES string of the molecule is CCOc1cccc(C(OC(=O)C(F)(F)F)(C(=O)NCc2cc(NC(C)=O)ccc2S(=O)(=O)CC)N(N)c2ccc3cnccc3c2)c1. The van der Waals surface area contributed by atoms with Crippen molar-refractivity contribution in [3.05, 3.63) is 90.3 Å². The van der Waals surface area contributed by atoms with Crippen LogP contribution in [0.2, 0.25) is 0 Å². The molecule has 2 amide bonds. The predicted octanol–water partition coefficient (Wildman–Crippen LogP) is 4.34. The molecule has 4 rings (SSSR count). The summed E-state index contributed by atoms with van der Waals surface area (Å²) in [6, 6.07) is 15.1. The van der Waals surface area contributed by atoms with Crippen LogP contribution in [0.3, 0.4) is 0 Å². The summed E-state index contributed by atoms with van der Waals surface area (Å²) in [6.45, 7) is 3.84. The molecule has 0 aliphatic carbocycles. The van der Waals surface area contributed by atoms with Gasteiger partial charge < -0.3 is 20.1 Å². The number of nitrogens with one attached hydrogen (secondary N) is 2. The fourth-order valence-corrected chi connectivity index (χ4v) is 5.96. The van der Waals surface area contributed by atoms with Crippen LogP contribution in [-0.4, -0.2) is 49.7 Å². The maximum absolute atomic E-state index is 14.4. The molecule has 254 valence electrons. The first-order valence-corrected chi connectivity index (χ1v) is 16.1. The van der Waals surface area contributed by atoms with Gasteiger partial charge in [-0.15, -0.1) is 0 Å². The van der Waals surface area contributed by atoms with Gasteiger partial charge in [0.15, 0.2) is 9.84 Å². The first-order valence-electron chi connectivity index (χ1n) is 14.5. The zero-order chi connectivity index (χ0) is 35.3. The van der Waals surface area contributed by atoms with Gasteiger partial charge in [0.05, 0.1) is 22.9 Å². The number of aromatic nitrogens is 1. The van der Waals surface area contributed by atoms with Crippen LogP contribution in [0, 0.1) is 0 Å². The van der Waals surface area contributed by atoms with Gasteiger partial charge in [-0.3, -0.25) is 19.6 Å². The maximum atomic E-state index is 14.4. The Bertz CT molecular complexity index is 1960. The highest BCUT2D eigenvalue weighted by atomic mass is 32.2. The first-order chi connectivity index (χ1) is 22.6. The number of pyridine rings is 1. The van der Waals surface area contributed by atoms with E-state index in [1.54, 1.807) is 19.1 Å². The number of anilines is 2. The lowest BCUT2D eigenvalue weighted by atomic mass is 9.98. The smallest absolute Gasteiger partial charge is 0.491 e. The number of hydrogen-bond acceptors (Lipinski definition) is 10. The lowest BCUT2D eigenvalue weighted by Gasteiger charge is -2.40. The number of halogens is 3. The van der Waals surface area contributed by atoms with Gasteiger partial charge in [0.1, 0.15) is 5.75 Å². The van der Waals surface area contributed by atoms with Crippen molar-refractivity contribution in [2.24, 2.45) is 5.84 Å². The number of alkyl halides is 3. The molecule has 48 heavy (non-hydrogen) atoms. The summed E-state index contributed by atoms with van der Waals surface area (Å²) in [5.41, 5.74) is -3.24. The molecule has 3 aromatic carbocycles. The Morgan fingerprint density at radius 3 is 2.40 bits per heavy atom. The normalized spacial score (nSPS) is 12.9. The van der Waals surface area contributed by atoms with E-state index in [-0.39, 0.29) is 45.5 Å². The fraction of sp³-hybridized carbons (Fsp3) is 0.250. The van der Waals surface area contributed by atoms with E-state index in [2.05, 4.69) is 15.6 Å². The van der Waals surface area contributed by atoms with Crippen molar-refractivity contribution < 1.29 is 45.4 Å². The van der Waals surface area contributed by atoms with Crippen LogP contribution >= 0.6 is 0 Å². The number of benzene rings is 3. The highest BCUT2D eigenvalue weighted by Crippen LogP contribution is 2.38. The van der Waals surface area contributed by atoms with Crippen molar-refractivity contribution in [3.63, 3.8) is 0 Å². The minimum Gasteiger partial charge on any atom is -0.494 e. The molecule has 0 aliphatic heterocycles. The van der Waals surface area contributed by atoms with Gasteiger partial charge in [0.25, 0.3) is 5.91 Å².